The molecule has 0 unspecified atom stereocenters. The van der Waals surface area contributed by atoms with Gasteiger partial charge in [0.1, 0.15) is 0 Å². The molecule has 0 radical (unpaired) electrons. The molecule has 1 aromatic rings. The van der Waals surface area contributed by atoms with Crippen LogP contribution in [0.2, 0.25) is 0 Å². The number of halogens is 16. The second kappa shape index (κ2) is 11.3. The Bertz CT molecular complexity index is 1110. The third-order valence-electron chi connectivity index (χ3n) is 4.88. The van der Waals surface area contributed by atoms with E-state index in [2.05, 4.69) is 9.47 Å². The largest absolute Gasteiger partial charge is 0.438 e. The molecular weight excluding hydrogens is 632 g/mol. The summed E-state index contributed by atoms with van der Waals surface area (Å²) >= 11 is 0. The molecule has 0 saturated heterocycles. The molecule has 1 aromatic carbocycles. The van der Waals surface area contributed by atoms with E-state index in [1.165, 1.54) is 0 Å². The Morgan fingerprint density at radius 2 is 0.950 bits per heavy atom. The summed E-state index contributed by atoms with van der Waals surface area (Å²) in [7, 11) is -7.31. The van der Waals surface area contributed by atoms with Gasteiger partial charge in [0.2, 0.25) is 0 Å². The van der Waals surface area contributed by atoms with Crippen molar-refractivity contribution in [3.05, 3.63) is 35.4 Å². The maximum absolute atomic E-state index is 13.5. The molecule has 0 fully saturated rings. The smallest absolute Gasteiger partial charge is 0.315 e. The lowest BCUT2D eigenvalue weighted by Gasteiger charge is -2.34. The summed E-state index contributed by atoms with van der Waals surface area (Å²) in [6.45, 7) is -3.06. The molecule has 0 aliphatic carbocycles. The van der Waals surface area contributed by atoms with Crippen LogP contribution in [0, 0.1) is 0 Å². The van der Waals surface area contributed by atoms with Gasteiger partial charge in [-0.05, 0) is 24.0 Å². The van der Waals surface area contributed by atoms with E-state index in [4.69, 9.17) is 4.55 Å². The molecule has 0 aliphatic rings. The van der Waals surface area contributed by atoms with E-state index in [9.17, 15) is 78.7 Å². The van der Waals surface area contributed by atoms with Gasteiger partial charge in [-0.3, -0.25) is 4.55 Å². The normalized spacial score (nSPS) is 15.2. The first-order valence-electron chi connectivity index (χ1n) is 9.85. The molecule has 1 rings (SSSR count). The molecule has 0 amide bonds. The highest BCUT2D eigenvalue weighted by atomic mass is 32.2. The van der Waals surface area contributed by atoms with E-state index in [0.717, 1.165) is 24.3 Å². The Hall–Kier alpha value is -2.07. The van der Waals surface area contributed by atoms with Gasteiger partial charge in [0.15, 0.2) is 0 Å². The van der Waals surface area contributed by atoms with Crippen molar-refractivity contribution in [3.63, 3.8) is 0 Å². The van der Waals surface area contributed by atoms with Gasteiger partial charge >= 0.3 is 57.7 Å². The van der Waals surface area contributed by atoms with Crippen molar-refractivity contribution in [2.45, 2.75) is 60.4 Å². The maximum atomic E-state index is 13.5. The van der Waals surface area contributed by atoms with Gasteiger partial charge in [-0.15, -0.1) is 0 Å². The van der Waals surface area contributed by atoms with E-state index in [1.54, 1.807) is 0 Å². The number of benzene rings is 1. The Morgan fingerprint density at radius 1 is 0.625 bits per heavy atom. The molecule has 0 bridgehead atoms. The highest BCUT2D eigenvalue weighted by Crippen LogP contribution is 2.54. The molecule has 1 N–H and O–H groups in total. The summed E-state index contributed by atoms with van der Waals surface area (Å²) < 4.78 is 244. The third-order valence-corrected chi connectivity index (χ3v) is 5.78. The minimum atomic E-state index is -7.38. The van der Waals surface area contributed by atoms with Crippen molar-refractivity contribution < 1.29 is 92.7 Å². The fourth-order valence-electron chi connectivity index (χ4n) is 2.51. The third kappa shape index (κ3) is 6.53. The van der Waals surface area contributed by atoms with Crippen molar-refractivity contribution in [3.8, 4) is 0 Å². The van der Waals surface area contributed by atoms with E-state index in [0.29, 0.717) is 0 Å². The summed E-state index contributed by atoms with van der Waals surface area (Å²) in [5.74, 6) is -27.7. The van der Waals surface area contributed by atoms with Crippen LogP contribution in [0.1, 0.15) is 11.1 Å². The molecule has 0 atom stereocenters. The lowest BCUT2D eigenvalue weighted by atomic mass is 10.1. The van der Waals surface area contributed by atoms with Crippen LogP contribution >= 0.6 is 0 Å². The molecule has 22 heteroatoms. The first-order valence-corrected chi connectivity index (χ1v) is 11.3. The summed E-state index contributed by atoms with van der Waals surface area (Å²) in [5, 5.41) is -7.07. The average Bonchev–Trinajstić information content (AvgIpc) is 2.78. The van der Waals surface area contributed by atoms with Crippen LogP contribution in [-0.2, 0) is 32.4 Å². The van der Waals surface area contributed by atoms with Gasteiger partial charge in [-0.1, -0.05) is 24.3 Å². The molecule has 0 saturated carbocycles. The summed E-state index contributed by atoms with van der Waals surface area (Å²) in [6.07, 6.45) is -19.3. The Morgan fingerprint density at radius 3 is 1.25 bits per heavy atom. The Kier molecular flexibility index (Phi) is 10.2. The van der Waals surface area contributed by atoms with Crippen LogP contribution in [0.3, 0.4) is 0 Å². The van der Waals surface area contributed by atoms with Crippen molar-refractivity contribution in [1.29, 1.82) is 0 Å². The number of ether oxygens (including phenoxy) is 2. The zero-order valence-corrected chi connectivity index (χ0v) is 19.6. The predicted octanol–water partition coefficient (Wildman–Crippen LogP) is 6.28. The second-order valence-corrected chi connectivity index (χ2v) is 9.15. The minimum Gasteiger partial charge on any atom is -0.315 e. The molecular formula is C18H14F16O5S. The van der Waals surface area contributed by atoms with E-state index < -0.39 is 83.8 Å². The van der Waals surface area contributed by atoms with Crippen molar-refractivity contribution >= 4 is 10.1 Å². The van der Waals surface area contributed by atoms with Crippen LogP contribution in [0.5, 0.6) is 0 Å². The quantitative estimate of drug-likeness (QED) is 0.180. The highest BCUT2D eigenvalue weighted by molar-refractivity contribution is 7.87. The van der Waals surface area contributed by atoms with Gasteiger partial charge in [0.25, 0.3) is 0 Å². The lowest BCUT2D eigenvalue weighted by molar-refractivity contribution is -0.417. The van der Waals surface area contributed by atoms with Crippen LogP contribution in [-0.4, -0.2) is 73.8 Å². The van der Waals surface area contributed by atoms with Crippen LogP contribution in [0.15, 0.2) is 24.3 Å². The monoisotopic (exact) mass is 646 g/mol. The summed E-state index contributed by atoms with van der Waals surface area (Å²) in [4.78, 5) is 0. The molecule has 234 valence electrons. The predicted molar refractivity (Wildman–Crippen MR) is 97.9 cm³/mol. The Balaban J connectivity index is 2.80. The minimum absolute atomic E-state index is 0.117. The second-order valence-electron chi connectivity index (χ2n) is 7.69. The fraction of sp³-hybridized carbons (Fsp3) is 0.667. The molecule has 0 spiro atoms. The maximum Gasteiger partial charge on any atom is 0.438 e. The number of rotatable bonds is 15. The summed E-state index contributed by atoms with van der Waals surface area (Å²) in [5.41, 5.74) is -0.291. The average molecular weight is 646 g/mol. The highest BCUT2D eigenvalue weighted by Gasteiger charge is 2.85. The van der Waals surface area contributed by atoms with Crippen LogP contribution in [0.4, 0.5) is 70.2 Å². The zero-order chi connectivity index (χ0) is 31.8. The van der Waals surface area contributed by atoms with Crippen molar-refractivity contribution in [1.82, 2.24) is 0 Å². The first kappa shape index (κ1) is 36.0. The topological polar surface area (TPSA) is 72.8 Å². The number of hydrogen-bond donors (Lipinski definition) is 1. The number of hydrogen-bond acceptors (Lipinski definition) is 4. The summed E-state index contributed by atoms with van der Waals surface area (Å²) in [6, 6.07) is 3.62. The molecule has 0 aliphatic heterocycles. The van der Waals surface area contributed by atoms with E-state index in [1.807, 2.05) is 0 Å². The standard InChI is InChI=1S/C18H14F16O5S/c19-11(20)12(21,22)13(23,24)16(29,30)38-7-5-9-1-3-10(4-2-9)6-8-39-17(31,32)14(25,26)15(27,28)18(33,34)40(35,36)37/h1-4,11H,5-8H2,(H,35,36,37). The van der Waals surface area contributed by atoms with Crippen LogP contribution < -0.4 is 0 Å². The molecule has 5 nitrogen and oxygen atoms in total. The SMILES string of the molecule is O=S(=O)(O)C(F)(F)C(F)(F)C(F)(F)C(F)(F)OCCc1ccc(CCOC(F)(F)C(F)(F)C(F)(F)C(F)F)cc1. The number of alkyl halides is 16. The van der Waals surface area contributed by atoms with Gasteiger partial charge in [-0.2, -0.15) is 69.9 Å². The van der Waals surface area contributed by atoms with E-state index in [-0.39, 0.29) is 11.1 Å². The van der Waals surface area contributed by atoms with Crippen LogP contribution in [0.25, 0.3) is 0 Å². The molecule has 0 aromatic heterocycles. The van der Waals surface area contributed by atoms with Gasteiger partial charge in [0.05, 0.1) is 13.2 Å². The van der Waals surface area contributed by atoms with Gasteiger partial charge in [0, 0.05) is 0 Å². The van der Waals surface area contributed by atoms with E-state index >= 15 is 0 Å². The fourth-order valence-corrected chi connectivity index (χ4v) is 2.96. The molecule has 0 heterocycles. The van der Waals surface area contributed by atoms with Crippen molar-refractivity contribution in [2.75, 3.05) is 13.2 Å². The van der Waals surface area contributed by atoms with Gasteiger partial charge < -0.3 is 9.47 Å². The molecule has 40 heavy (non-hydrogen) atoms. The lowest BCUT2D eigenvalue weighted by Crippen LogP contribution is -2.65. The van der Waals surface area contributed by atoms with Gasteiger partial charge in [-0.25, -0.2) is 8.78 Å². The zero-order valence-electron chi connectivity index (χ0n) is 18.8. The van der Waals surface area contributed by atoms with Crippen molar-refractivity contribution in [2.24, 2.45) is 0 Å². The Labute approximate surface area is 212 Å². The first-order chi connectivity index (χ1) is 17.6.